The van der Waals surface area contributed by atoms with Crippen molar-refractivity contribution in [3.63, 3.8) is 0 Å². The van der Waals surface area contributed by atoms with Crippen LogP contribution in [0.25, 0.3) is 0 Å². The normalized spacial score (nSPS) is 9.89. The molecule has 96 valence electrons. The maximum atomic E-state index is 10.7. The number of benzene rings is 1. The number of nitrogens with zero attached hydrogens (tertiary/aromatic N) is 2. The van der Waals surface area contributed by atoms with E-state index in [0.29, 0.717) is 22.1 Å². The third-order valence-corrected chi connectivity index (χ3v) is 3.71. The Balaban J connectivity index is 2.12. The Labute approximate surface area is 118 Å². The number of rotatable bonds is 4. The molecule has 1 aromatic carbocycles. The third kappa shape index (κ3) is 3.22. The van der Waals surface area contributed by atoms with Crippen LogP contribution in [0.3, 0.4) is 0 Å². The van der Waals surface area contributed by atoms with Crippen LogP contribution in [0.5, 0.6) is 0 Å². The van der Waals surface area contributed by atoms with Crippen molar-refractivity contribution in [2.45, 2.75) is 6.54 Å². The molecule has 1 heterocycles. The predicted molar refractivity (Wildman–Crippen MR) is 74.5 cm³/mol. The first-order chi connectivity index (χ1) is 9.10. The van der Waals surface area contributed by atoms with E-state index in [9.17, 15) is 10.1 Å². The van der Waals surface area contributed by atoms with Gasteiger partial charge in [0, 0.05) is 23.6 Å². The maximum absolute atomic E-state index is 10.7. The Morgan fingerprint density at radius 3 is 2.84 bits per heavy atom. The topological polar surface area (TPSA) is 79.0 Å². The SMILES string of the molecule is N#Cc1ccc(CNc2cc([N+](=O)[O-])ccc2Cl)s1. The minimum atomic E-state index is -0.472. The summed E-state index contributed by atoms with van der Waals surface area (Å²) in [5, 5.41) is 22.8. The van der Waals surface area contributed by atoms with E-state index in [-0.39, 0.29) is 5.69 Å². The standard InChI is InChI=1S/C12H8ClN3O2S/c13-11-4-1-8(16(17)18)5-12(11)15-7-10-3-2-9(6-14)19-10/h1-5,15H,7H2. The summed E-state index contributed by atoms with van der Waals surface area (Å²) in [7, 11) is 0. The number of nitro groups is 1. The number of hydrogen-bond donors (Lipinski definition) is 1. The number of nitrogens with one attached hydrogen (secondary N) is 1. The van der Waals surface area contributed by atoms with Crippen molar-refractivity contribution in [1.82, 2.24) is 0 Å². The van der Waals surface area contributed by atoms with Gasteiger partial charge in [0.15, 0.2) is 0 Å². The maximum Gasteiger partial charge on any atom is 0.271 e. The molecule has 0 bridgehead atoms. The number of anilines is 1. The van der Waals surface area contributed by atoms with Crippen LogP contribution in [-0.4, -0.2) is 4.92 Å². The van der Waals surface area contributed by atoms with Gasteiger partial charge in [-0.2, -0.15) is 5.26 Å². The summed E-state index contributed by atoms with van der Waals surface area (Å²) in [6.07, 6.45) is 0. The Kier molecular flexibility index (Phi) is 4.00. The van der Waals surface area contributed by atoms with E-state index in [1.54, 1.807) is 6.07 Å². The minimum absolute atomic E-state index is 0.0178. The van der Waals surface area contributed by atoms with Crippen LogP contribution >= 0.6 is 22.9 Å². The van der Waals surface area contributed by atoms with Gasteiger partial charge in [-0.3, -0.25) is 10.1 Å². The average molecular weight is 294 g/mol. The van der Waals surface area contributed by atoms with Crippen molar-refractivity contribution < 1.29 is 4.92 Å². The molecule has 2 aromatic rings. The molecule has 0 atom stereocenters. The van der Waals surface area contributed by atoms with Crippen LogP contribution in [0, 0.1) is 21.4 Å². The molecule has 0 saturated heterocycles. The largest absolute Gasteiger partial charge is 0.379 e. The summed E-state index contributed by atoms with van der Waals surface area (Å²) in [6.45, 7) is 0.466. The molecule has 7 heteroatoms. The summed E-state index contributed by atoms with van der Waals surface area (Å²) in [6, 6.07) is 9.85. The Hall–Kier alpha value is -2.10. The van der Waals surface area contributed by atoms with Crippen LogP contribution in [0.1, 0.15) is 9.75 Å². The summed E-state index contributed by atoms with van der Waals surface area (Å²) >= 11 is 7.33. The Bertz CT molecular complexity index is 663. The molecular formula is C12H8ClN3O2S. The highest BCUT2D eigenvalue weighted by Crippen LogP contribution is 2.27. The molecule has 0 saturated carbocycles. The number of nitriles is 1. The average Bonchev–Trinajstić information content (AvgIpc) is 2.85. The zero-order chi connectivity index (χ0) is 13.8. The predicted octanol–water partition coefficient (Wildman–Crippen LogP) is 3.79. The fraction of sp³-hybridized carbons (Fsp3) is 0.0833. The van der Waals surface area contributed by atoms with Crippen molar-refractivity contribution in [3.05, 3.63) is 55.2 Å². The highest BCUT2D eigenvalue weighted by atomic mass is 35.5. The van der Waals surface area contributed by atoms with Gasteiger partial charge in [-0.15, -0.1) is 11.3 Å². The molecule has 0 spiro atoms. The zero-order valence-electron chi connectivity index (χ0n) is 9.59. The van der Waals surface area contributed by atoms with Crippen molar-refractivity contribution in [2.24, 2.45) is 0 Å². The number of nitro benzene ring substituents is 1. The molecule has 0 fully saturated rings. The van der Waals surface area contributed by atoms with Crippen molar-refractivity contribution in [2.75, 3.05) is 5.32 Å². The summed E-state index contributed by atoms with van der Waals surface area (Å²) in [5.41, 5.74) is 0.485. The van der Waals surface area contributed by atoms with Gasteiger partial charge in [0.25, 0.3) is 5.69 Å². The summed E-state index contributed by atoms with van der Waals surface area (Å²) in [5.74, 6) is 0. The lowest BCUT2D eigenvalue weighted by Crippen LogP contribution is -1.99. The smallest absolute Gasteiger partial charge is 0.271 e. The van der Waals surface area contributed by atoms with Crippen molar-refractivity contribution in [1.29, 1.82) is 5.26 Å². The van der Waals surface area contributed by atoms with Gasteiger partial charge < -0.3 is 5.32 Å². The molecule has 0 aliphatic carbocycles. The quantitative estimate of drug-likeness (QED) is 0.687. The van der Waals surface area contributed by atoms with Crippen molar-refractivity contribution >= 4 is 34.3 Å². The number of halogens is 1. The molecule has 2 rings (SSSR count). The first-order valence-electron chi connectivity index (χ1n) is 5.27. The summed E-state index contributed by atoms with van der Waals surface area (Å²) < 4.78 is 0. The Morgan fingerprint density at radius 2 is 2.21 bits per heavy atom. The zero-order valence-corrected chi connectivity index (χ0v) is 11.2. The number of thiophene rings is 1. The van der Waals surface area contributed by atoms with E-state index >= 15 is 0 Å². The van der Waals surface area contributed by atoms with Crippen LogP contribution in [0.4, 0.5) is 11.4 Å². The van der Waals surface area contributed by atoms with Crippen molar-refractivity contribution in [3.8, 4) is 6.07 Å². The van der Waals surface area contributed by atoms with E-state index in [0.717, 1.165) is 4.88 Å². The molecule has 19 heavy (non-hydrogen) atoms. The molecule has 0 aliphatic heterocycles. The fourth-order valence-electron chi connectivity index (χ4n) is 1.48. The van der Waals surface area contributed by atoms with E-state index < -0.39 is 4.92 Å². The molecule has 0 unspecified atom stereocenters. The van der Waals surface area contributed by atoms with Crippen LogP contribution in [0.2, 0.25) is 5.02 Å². The van der Waals surface area contributed by atoms with E-state index in [1.807, 2.05) is 6.07 Å². The van der Waals surface area contributed by atoms with Crippen LogP contribution in [0.15, 0.2) is 30.3 Å². The van der Waals surface area contributed by atoms with Gasteiger partial charge in [0.05, 0.1) is 15.6 Å². The first kappa shape index (κ1) is 13.3. The first-order valence-corrected chi connectivity index (χ1v) is 6.46. The van der Waals surface area contributed by atoms with Gasteiger partial charge in [0.2, 0.25) is 0 Å². The number of hydrogen-bond acceptors (Lipinski definition) is 5. The lowest BCUT2D eigenvalue weighted by atomic mass is 10.2. The monoisotopic (exact) mass is 293 g/mol. The molecule has 0 aliphatic rings. The molecule has 1 N–H and O–H groups in total. The van der Waals surface area contributed by atoms with Crippen LogP contribution in [-0.2, 0) is 6.54 Å². The van der Waals surface area contributed by atoms with Gasteiger partial charge in [0.1, 0.15) is 10.9 Å². The highest BCUT2D eigenvalue weighted by Gasteiger charge is 2.09. The number of non-ortho nitro benzene ring substituents is 1. The second-order valence-corrected chi connectivity index (χ2v) is 5.23. The van der Waals surface area contributed by atoms with E-state index in [2.05, 4.69) is 11.4 Å². The van der Waals surface area contributed by atoms with Gasteiger partial charge >= 0.3 is 0 Å². The summed E-state index contributed by atoms with van der Waals surface area (Å²) in [4.78, 5) is 11.8. The van der Waals surface area contributed by atoms with Gasteiger partial charge in [-0.1, -0.05) is 11.6 Å². The van der Waals surface area contributed by atoms with E-state index in [1.165, 1.54) is 29.5 Å². The van der Waals surface area contributed by atoms with Gasteiger partial charge in [-0.05, 0) is 18.2 Å². The molecule has 1 aromatic heterocycles. The second-order valence-electron chi connectivity index (χ2n) is 3.65. The second kappa shape index (κ2) is 5.69. The molecule has 0 radical (unpaired) electrons. The Morgan fingerprint density at radius 1 is 1.42 bits per heavy atom. The molecular weight excluding hydrogens is 286 g/mol. The molecule has 5 nitrogen and oxygen atoms in total. The molecule has 0 amide bonds. The minimum Gasteiger partial charge on any atom is -0.379 e. The highest BCUT2D eigenvalue weighted by molar-refractivity contribution is 7.12. The van der Waals surface area contributed by atoms with Gasteiger partial charge in [-0.25, -0.2) is 0 Å². The van der Waals surface area contributed by atoms with E-state index in [4.69, 9.17) is 16.9 Å². The third-order valence-electron chi connectivity index (χ3n) is 2.39. The lowest BCUT2D eigenvalue weighted by molar-refractivity contribution is -0.384. The van der Waals surface area contributed by atoms with Crippen LogP contribution < -0.4 is 5.32 Å². The fourth-order valence-corrected chi connectivity index (χ4v) is 2.41. The lowest BCUT2D eigenvalue weighted by Gasteiger charge is -2.06.